The van der Waals surface area contributed by atoms with Gasteiger partial charge in [0.2, 0.25) is 5.76 Å². The normalized spacial score (nSPS) is 12.1. The van der Waals surface area contributed by atoms with Crippen LogP contribution in [0.25, 0.3) is 11.0 Å². The van der Waals surface area contributed by atoms with Crippen molar-refractivity contribution in [3.05, 3.63) is 81.2 Å². The van der Waals surface area contributed by atoms with Gasteiger partial charge in [-0.05, 0) is 44.5 Å². The number of hydrogen-bond donors (Lipinski definition) is 0. The molecule has 0 spiro atoms. The molecule has 2 heterocycles. The monoisotopic (exact) mass is 492 g/mol. The Morgan fingerprint density at radius 1 is 1.06 bits per heavy atom. The third kappa shape index (κ3) is 4.72. The molecular formula is C27H24O9. The molecule has 0 saturated heterocycles. The Morgan fingerprint density at radius 3 is 2.56 bits per heavy atom. The van der Waals surface area contributed by atoms with E-state index >= 15 is 0 Å². The number of esters is 2. The molecule has 0 radical (unpaired) electrons. The van der Waals surface area contributed by atoms with Gasteiger partial charge in [-0.2, -0.15) is 0 Å². The van der Waals surface area contributed by atoms with Crippen molar-refractivity contribution in [2.24, 2.45) is 0 Å². The van der Waals surface area contributed by atoms with Gasteiger partial charge in [0.1, 0.15) is 23.7 Å². The highest BCUT2D eigenvalue weighted by Crippen LogP contribution is 2.37. The minimum Gasteiger partial charge on any atom is -0.488 e. The summed E-state index contributed by atoms with van der Waals surface area (Å²) < 4.78 is 27.1. The Hall–Kier alpha value is -4.40. The van der Waals surface area contributed by atoms with Crippen molar-refractivity contribution in [3.63, 3.8) is 0 Å². The SMILES string of the molecule is C=CCc1c2c(cc3c(=O)cc(C(=O)OCC)oc13)C(=O)c1ccc(OCC(=O)OCC)cc1CO2. The van der Waals surface area contributed by atoms with Crippen molar-refractivity contribution in [1.82, 2.24) is 0 Å². The average molecular weight is 492 g/mol. The zero-order valence-electron chi connectivity index (χ0n) is 19.9. The molecule has 3 aromatic rings. The van der Waals surface area contributed by atoms with Crippen molar-refractivity contribution in [1.29, 1.82) is 0 Å². The van der Waals surface area contributed by atoms with E-state index in [1.54, 1.807) is 38.1 Å². The Bertz CT molecular complexity index is 1430. The zero-order valence-corrected chi connectivity index (χ0v) is 19.9. The number of carbonyl (C=O) groups excluding carboxylic acids is 3. The van der Waals surface area contributed by atoms with Gasteiger partial charge in [0, 0.05) is 22.8 Å². The molecule has 4 rings (SSSR count). The molecule has 0 N–H and O–H groups in total. The lowest BCUT2D eigenvalue weighted by Gasteiger charge is -2.14. The second-order valence-corrected chi connectivity index (χ2v) is 7.83. The fourth-order valence-electron chi connectivity index (χ4n) is 3.95. The molecule has 186 valence electrons. The van der Waals surface area contributed by atoms with Crippen LogP contribution in [0.3, 0.4) is 0 Å². The molecule has 2 aromatic carbocycles. The molecule has 9 heteroatoms. The van der Waals surface area contributed by atoms with E-state index < -0.39 is 17.4 Å². The van der Waals surface area contributed by atoms with Crippen LogP contribution in [0.2, 0.25) is 0 Å². The van der Waals surface area contributed by atoms with Crippen molar-refractivity contribution in [2.45, 2.75) is 26.9 Å². The number of ether oxygens (including phenoxy) is 4. The Morgan fingerprint density at radius 2 is 1.83 bits per heavy atom. The molecular weight excluding hydrogens is 468 g/mol. The first-order chi connectivity index (χ1) is 17.4. The standard InChI is InChI=1S/C27H24O9/c1-4-7-18-25-20(11-19-21(28)12-22(36-26(18)19)27(31)33-6-3)24(30)17-9-8-16(10-15(17)13-35-25)34-14-23(29)32-5-2/h4,8-12H,1,5-7,13-14H2,2-3H3. The van der Waals surface area contributed by atoms with Crippen molar-refractivity contribution < 1.29 is 37.7 Å². The molecule has 0 unspecified atom stereocenters. The highest BCUT2D eigenvalue weighted by Gasteiger charge is 2.28. The summed E-state index contributed by atoms with van der Waals surface area (Å²) in [6.45, 7) is 7.20. The van der Waals surface area contributed by atoms with Crippen LogP contribution in [0, 0.1) is 0 Å². The molecule has 9 nitrogen and oxygen atoms in total. The van der Waals surface area contributed by atoms with Crippen LogP contribution in [0.1, 0.15) is 51.5 Å². The first kappa shape index (κ1) is 24.7. The summed E-state index contributed by atoms with van der Waals surface area (Å²) >= 11 is 0. The number of fused-ring (bicyclic) bond motifs is 3. The molecule has 0 fully saturated rings. The van der Waals surface area contributed by atoms with Gasteiger partial charge in [-0.25, -0.2) is 9.59 Å². The van der Waals surface area contributed by atoms with E-state index in [4.69, 9.17) is 23.4 Å². The van der Waals surface area contributed by atoms with Gasteiger partial charge in [-0.15, -0.1) is 6.58 Å². The molecule has 1 aliphatic rings. The summed E-state index contributed by atoms with van der Waals surface area (Å²) in [7, 11) is 0. The van der Waals surface area contributed by atoms with Gasteiger partial charge in [-0.1, -0.05) is 6.08 Å². The summed E-state index contributed by atoms with van der Waals surface area (Å²) in [4.78, 5) is 50.3. The Labute approximate surface area is 206 Å². The topological polar surface area (TPSA) is 118 Å². The van der Waals surface area contributed by atoms with Gasteiger partial charge >= 0.3 is 11.9 Å². The predicted molar refractivity (Wildman–Crippen MR) is 129 cm³/mol. The number of benzene rings is 2. The molecule has 0 atom stereocenters. The van der Waals surface area contributed by atoms with Crippen LogP contribution in [0.5, 0.6) is 11.5 Å². The van der Waals surface area contributed by atoms with E-state index in [9.17, 15) is 19.2 Å². The third-order valence-corrected chi connectivity index (χ3v) is 5.49. The number of allylic oxidation sites excluding steroid dienone is 1. The van der Waals surface area contributed by atoms with E-state index in [1.165, 1.54) is 6.07 Å². The van der Waals surface area contributed by atoms with Gasteiger partial charge in [0.15, 0.2) is 17.8 Å². The van der Waals surface area contributed by atoms with Gasteiger partial charge in [0.25, 0.3) is 0 Å². The average Bonchev–Trinajstić information content (AvgIpc) is 3.00. The molecule has 0 saturated carbocycles. The van der Waals surface area contributed by atoms with Crippen LogP contribution in [-0.4, -0.2) is 37.5 Å². The lowest BCUT2D eigenvalue weighted by molar-refractivity contribution is -0.145. The highest BCUT2D eigenvalue weighted by atomic mass is 16.6. The summed E-state index contributed by atoms with van der Waals surface area (Å²) in [6.07, 6.45) is 1.80. The lowest BCUT2D eigenvalue weighted by Crippen LogP contribution is -2.15. The van der Waals surface area contributed by atoms with Gasteiger partial charge in [0.05, 0.1) is 24.2 Å². The van der Waals surface area contributed by atoms with E-state index in [0.717, 1.165) is 6.07 Å². The second kappa shape index (κ2) is 10.5. The fourth-order valence-corrected chi connectivity index (χ4v) is 3.95. The van der Waals surface area contributed by atoms with Crippen LogP contribution in [-0.2, 0) is 27.3 Å². The predicted octanol–water partition coefficient (Wildman–Crippen LogP) is 3.76. The van der Waals surface area contributed by atoms with Crippen molar-refractivity contribution >= 4 is 28.7 Å². The van der Waals surface area contributed by atoms with Crippen molar-refractivity contribution in [2.75, 3.05) is 19.8 Å². The zero-order chi connectivity index (χ0) is 25.8. The quantitative estimate of drug-likeness (QED) is 0.342. The molecule has 0 amide bonds. The largest absolute Gasteiger partial charge is 0.488 e. The second-order valence-electron chi connectivity index (χ2n) is 7.83. The first-order valence-corrected chi connectivity index (χ1v) is 11.4. The fraction of sp³-hybridized carbons (Fsp3) is 0.259. The van der Waals surface area contributed by atoms with Crippen molar-refractivity contribution in [3.8, 4) is 11.5 Å². The molecule has 1 aromatic heterocycles. The minimum atomic E-state index is -0.768. The first-order valence-electron chi connectivity index (χ1n) is 11.4. The maximum absolute atomic E-state index is 13.5. The van der Waals surface area contributed by atoms with Crippen LogP contribution in [0.15, 0.2) is 52.2 Å². The van der Waals surface area contributed by atoms with Gasteiger partial charge in [-0.3, -0.25) is 9.59 Å². The number of hydrogen-bond acceptors (Lipinski definition) is 9. The summed E-state index contributed by atoms with van der Waals surface area (Å²) in [6, 6.07) is 7.24. The highest BCUT2D eigenvalue weighted by molar-refractivity contribution is 6.14. The van der Waals surface area contributed by atoms with Crippen LogP contribution in [0.4, 0.5) is 0 Å². The number of rotatable bonds is 8. The number of ketones is 1. The van der Waals surface area contributed by atoms with E-state index in [0.29, 0.717) is 22.4 Å². The smallest absolute Gasteiger partial charge is 0.374 e. The third-order valence-electron chi connectivity index (χ3n) is 5.49. The van der Waals surface area contributed by atoms with E-state index in [1.807, 2.05) is 0 Å². The van der Waals surface area contributed by atoms with E-state index in [2.05, 4.69) is 6.58 Å². The summed E-state index contributed by atoms with van der Waals surface area (Å²) in [5.41, 5.74) is 1.15. The summed E-state index contributed by atoms with van der Waals surface area (Å²) in [5.74, 6) is -1.26. The van der Waals surface area contributed by atoms with Crippen LogP contribution < -0.4 is 14.9 Å². The van der Waals surface area contributed by atoms with E-state index in [-0.39, 0.29) is 66.7 Å². The molecule has 0 bridgehead atoms. The molecule has 0 aliphatic carbocycles. The molecule has 1 aliphatic heterocycles. The molecule has 36 heavy (non-hydrogen) atoms. The van der Waals surface area contributed by atoms with Gasteiger partial charge < -0.3 is 23.4 Å². The number of carbonyl (C=O) groups is 3. The minimum absolute atomic E-state index is 0.0160. The lowest BCUT2D eigenvalue weighted by atomic mass is 9.94. The Balaban J connectivity index is 1.79. The van der Waals surface area contributed by atoms with Crippen LogP contribution >= 0.6 is 0 Å². The Kier molecular flexibility index (Phi) is 7.19. The summed E-state index contributed by atoms with van der Waals surface area (Å²) in [5, 5.41) is 0.133. The maximum Gasteiger partial charge on any atom is 0.374 e. The maximum atomic E-state index is 13.5.